The highest BCUT2D eigenvalue weighted by Gasteiger charge is 2.07. The average Bonchev–Trinajstić information content (AvgIpc) is 2.86. The molecule has 1 rings (SSSR count). The normalized spacial score (nSPS) is 10.8. The van der Waals surface area contributed by atoms with Gasteiger partial charge in [0.1, 0.15) is 0 Å². The molecule has 0 aliphatic heterocycles. The summed E-state index contributed by atoms with van der Waals surface area (Å²) in [5, 5.41) is 17.5. The molecule has 1 aromatic rings. The molecule has 0 fully saturated rings. The Morgan fingerprint density at radius 2 is 1.22 bits per heavy atom. The van der Waals surface area contributed by atoms with E-state index in [9.17, 15) is 9.59 Å². The molecule has 0 spiro atoms. The number of hydrogen-bond donors (Lipinski definition) is 2. The summed E-state index contributed by atoms with van der Waals surface area (Å²) in [5.41, 5.74) is 2.25. The lowest BCUT2D eigenvalue weighted by Crippen LogP contribution is -2.17. The summed E-state index contributed by atoms with van der Waals surface area (Å²) < 4.78 is 11.6. The summed E-state index contributed by atoms with van der Waals surface area (Å²) in [6.07, 6.45) is 14.3. The highest BCUT2D eigenvalue weighted by Crippen LogP contribution is 2.12. The Kier molecular flexibility index (Phi) is 19.3. The summed E-state index contributed by atoms with van der Waals surface area (Å²) in [6, 6.07) is 8.36. The number of carbonyl (C=O) groups is 2. The van der Waals surface area contributed by atoms with Gasteiger partial charge in [0.15, 0.2) is 0 Å². The van der Waals surface area contributed by atoms with Gasteiger partial charge >= 0.3 is 11.9 Å². The Labute approximate surface area is 217 Å². The first-order valence-corrected chi connectivity index (χ1v) is 13.8. The van der Waals surface area contributed by atoms with E-state index in [-0.39, 0.29) is 12.8 Å². The molecule has 0 bridgehead atoms. The predicted octanol–water partition coefficient (Wildman–Crippen LogP) is 6.98. The SMILES string of the molecule is CCCCCCCCCc1ccc(C#CC(OCCCCCC(=O)O)OCCCCCC(=O)O)cc1. The Morgan fingerprint density at radius 1 is 0.722 bits per heavy atom. The maximum atomic E-state index is 10.6. The van der Waals surface area contributed by atoms with Crippen LogP contribution in [-0.4, -0.2) is 41.7 Å². The van der Waals surface area contributed by atoms with E-state index < -0.39 is 18.2 Å². The van der Waals surface area contributed by atoms with Crippen molar-refractivity contribution in [3.05, 3.63) is 35.4 Å². The maximum Gasteiger partial charge on any atom is 0.303 e. The van der Waals surface area contributed by atoms with Gasteiger partial charge in [-0.05, 0) is 62.1 Å². The fourth-order valence-corrected chi connectivity index (χ4v) is 3.81. The van der Waals surface area contributed by atoms with Gasteiger partial charge in [0.25, 0.3) is 0 Å². The molecule has 2 N–H and O–H groups in total. The van der Waals surface area contributed by atoms with E-state index >= 15 is 0 Å². The van der Waals surface area contributed by atoms with E-state index in [0.29, 0.717) is 26.1 Å². The predicted molar refractivity (Wildman–Crippen MR) is 143 cm³/mol. The molecule has 0 amide bonds. The minimum atomic E-state index is -0.778. The largest absolute Gasteiger partial charge is 0.481 e. The van der Waals surface area contributed by atoms with Gasteiger partial charge in [-0.2, -0.15) is 0 Å². The molecule has 0 saturated carbocycles. The van der Waals surface area contributed by atoms with Crippen LogP contribution in [0.5, 0.6) is 0 Å². The smallest absolute Gasteiger partial charge is 0.303 e. The van der Waals surface area contributed by atoms with Crippen LogP contribution in [0.4, 0.5) is 0 Å². The number of aliphatic carboxylic acids is 2. The van der Waals surface area contributed by atoms with Gasteiger partial charge in [-0.3, -0.25) is 9.59 Å². The zero-order valence-electron chi connectivity index (χ0n) is 22.1. The Bertz CT molecular complexity index is 736. The van der Waals surface area contributed by atoms with Crippen LogP contribution in [0.2, 0.25) is 0 Å². The van der Waals surface area contributed by atoms with Crippen molar-refractivity contribution in [2.45, 2.75) is 116 Å². The molecule has 0 heterocycles. The van der Waals surface area contributed by atoms with Crippen LogP contribution >= 0.6 is 0 Å². The van der Waals surface area contributed by atoms with Gasteiger partial charge in [-0.1, -0.05) is 76.3 Å². The van der Waals surface area contributed by atoms with Crippen molar-refractivity contribution in [1.29, 1.82) is 0 Å². The van der Waals surface area contributed by atoms with E-state index in [1.54, 1.807) is 0 Å². The molecule has 36 heavy (non-hydrogen) atoms. The second-order valence-electron chi connectivity index (χ2n) is 9.32. The van der Waals surface area contributed by atoms with Crippen molar-refractivity contribution in [2.24, 2.45) is 0 Å². The molecule has 0 aromatic heterocycles. The Balaban J connectivity index is 2.45. The fourth-order valence-electron chi connectivity index (χ4n) is 3.81. The van der Waals surface area contributed by atoms with E-state index in [4.69, 9.17) is 19.7 Å². The van der Waals surface area contributed by atoms with Crippen molar-refractivity contribution in [1.82, 2.24) is 0 Å². The first kappa shape index (κ1) is 31.7. The molecule has 0 aliphatic carbocycles. The molecule has 1 aromatic carbocycles. The highest BCUT2D eigenvalue weighted by atomic mass is 16.7. The average molecular weight is 503 g/mol. The van der Waals surface area contributed by atoms with Crippen LogP contribution in [0.15, 0.2) is 24.3 Å². The lowest BCUT2D eigenvalue weighted by Gasteiger charge is -2.13. The van der Waals surface area contributed by atoms with Crippen LogP contribution in [0.3, 0.4) is 0 Å². The molecule has 202 valence electrons. The number of unbranched alkanes of at least 4 members (excludes halogenated alkanes) is 10. The van der Waals surface area contributed by atoms with Gasteiger partial charge in [0.2, 0.25) is 6.29 Å². The van der Waals surface area contributed by atoms with E-state index in [2.05, 4.69) is 30.9 Å². The third-order valence-corrected chi connectivity index (χ3v) is 5.97. The van der Waals surface area contributed by atoms with Gasteiger partial charge in [0, 0.05) is 18.4 Å². The van der Waals surface area contributed by atoms with Crippen LogP contribution in [0.25, 0.3) is 0 Å². The number of benzene rings is 1. The van der Waals surface area contributed by atoms with Crippen LogP contribution in [0, 0.1) is 11.8 Å². The highest BCUT2D eigenvalue weighted by molar-refractivity contribution is 5.66. The molecule has 0 radical (unpaired) electrons. The zero-order chi connectivity index (χ0) is 26.3. The molecule has 0 aliphatic rings. The fraction of sp³-hybridized carbons (Fsp3) is 0.667. The molecule has 0 atom stereocenters. The van der Waals surface area contributed by atoms with Gasteiger partial charge in [-0.15, -0.1) is 0 Å². The van der Waals surface area contributed by atoms with E-state index in [0.717, 1.165) is 37.7 Å². The van der Waals surface area contributed by atoms with Crippen LogP contribution < -0.4 is 0 Å². The number of aryl methyl sites for hydroxylation is 1. The minimum Gasteiger partial charge on any atom is -0.481 e. The molecule has 6 heteroatoms. The molecule has 0 saturated heterocycles. The third kappa shape index (κ3) is 18.9. The molecule has 6 nitrogen and oxygen atoms in total. The summed E-state index contributed by atoms with van der Waals surface area (Å²) in [6.45, 7) is 3.15. The monoisotopic (exact) mass is 502 g/mol. The quantitative estimate of drug-likeness (QED) is 0.101. The Morgan fingerprint density at radius 3 is 1.75 bits per heavy atom. The van der Waals surface area contributed by atoms with Crippen LogP contribution in [0.1, 0.15) is 114 Å². The summed E-state index contributed by atoms with van der Waals surface area (Å²) in [5.74, 6) is 4.66. The topological polar surface area (TPSA) is 93.1 Å². The number of rotatable bonds is 22. The second-order valence-corrected chi connectivity index (χ2v) is 9.32. The summed E-state index contributed by atoms with van der Waals surface area (Å²) in [7, 11) is 0. The van der Waals surface area contributed by atoms with Crippen molar-refractivity contribution in [3.63, 3.8) is 0 Å². The van der Waals surface area contributed by atoms with Crippen molar-refractivity contribution in [2.75, 3.05) is 13.2 Å². The third-order valence-electron chi connectivity index (χ3n) is 5.97. The second kappa shape index (κ2) is 21.9. The minimum absolute atomic E-state index is 0.172. The lowest BCUT2D eigenvalue weighted by molar-refractivity contribution is -0.138. The van der Waals surface area contributed by atoms with Crippen molar-refractivity contribution >= 4 is 11.9 Å². The summed E-state index contributed by atoms with van der Waals surface area (Å²) >= 11 is 0. The number of carboxylic acid groups (broad SMARTS) is 2. The molecular formula is C30H46O6. The van der Waals surface area contributed by atoms with Crippen molar-refractivity contribution in [3.8, 4) is 11.8 Å². The lowest BCUT2D eigenvalue weighted by atomic mass is 10.0. The summed E-state index contributed by atoms with van der Waals surface area (Å²) in [4.78, 5) is 21.2. The maximum absolute atomic E-state index is 10.6. The van der Waals surface area contributed by atoms with Gasteiger partial charge < -0.3 is 19.7 Å². The van der Waals surface area contributed by atoms with Crippen molar-refractivity contribution < 1.29 is 29.3 Å². The number of carboxylic acids is 2. The first-order valence-electron chi connectivity index (χ1n) is 13.8. The van der Waals surface area contributed by atoms with Gasteiger partial charge in [-0.25, -0.2) is 0 Å². The number of ether oxygens (including phenoxy) is 2. The standard InChI is InChI=1S/C30H46O6/c1-2-3-4-5-6-7-10-15-26-18-20-27(21-19-26)22-23-30(35-24-13-8-11-16-28(31)32)36-25-14-9-12-17-29(33)34/h18-21,30H,2-17,24-25H2,1H3,(H,31,32)(H,33,34). The first-order chi connectivity index (χ1) is 17.5. The van der Waals surface area contributed by atoms with Gasteiger partial charge in [0.05, 0.1) is 13.2 Å². The molecular weight excluding hydrogens is 456 g/mol. The van der Waals surface area contributed by atoms with Crippen LogP contribution in [-0.2, 0) is 25.5 Å². The Hall–Kier alpha value is -2.36. The molecule has 0 unspecified atom stereocenters. The van der Waals surface area contributed by atoms with E-state index in [1.807, 2.05) is 12.1 Å². The number of hydrogen-bond acceptors (Lipinski definition) is 4. The zero-order valence-corrected chi connectivity index (χ0v) is 22.1. The van der Waals surface area contributed by atoms with E-state index in [1.165, 1.54) is 50.5 Å².